The molecule has 2 rings (SSSR count). The standard InChI is InChI=1S/C19H26N2O6/c1-11(2)21-10-12(9-20-18(25)27-19(3,4)5)26-15-13(16(21)22)7-6-8-14(15)17(23)24/h6-8,11-12H,9-10H2,1-5H3,(H,20,25)(H,23,24). The zero-order valence-corrected chi connectivity index (χ0v) is 16.2. The summed E-state index contributed by atoms with van der Waals surface area (Å²) < 4.78 is 11.1. The van der Waals surface area contributed by atoms with Gasteiger partial charge in [0.2, 0.25) is 0 Å². The Morgan fingerprint density at radius 3 is 2.59 bits per heavy atom. The molecule has 0 aromatic heterocycles. The first-order valence-electron chi connectivity index (χ1n) is 8.80. The van der Waals surface area contributed by atoms with Gasteiger partial charge in [0.15, 0.2) is 0 Å². The van der Waals surface area contributed by atoms with E-state index >= 15 is 0 Å². The molecule has 2 amide bonds. The van der Waals surface area contributed by atoms with E-state index in [1.165, 1.54) is 12.1 Å². The van der Waals surface area contributed by atoms with Crippen LogP contribution in [0.1, 0.15) is 55.3 Å². The number of para-hydroxylation sites is 1. The Bertz CT molecular complexity index is 738. The number of hydrogen-bond acceptors (Lipinski definition) is 5. The van der Waals surface area contributed by atoms with E-state index in [1.54, 1.807) is 31.7 Å². The average Bonchev–Trinajstić information content (AvgIpc) is 2.68. The zero-order valence-electron chi connectivity index (χ0n) is 16.2. The Morgan fingerprint density at radius 2 is 2.04 bits per heavy atom. The average molecular weight is 378 g/mol. The molecule has 0 saturated heterocycles. The summed E-state index contributed by atoms with van der Waals surface area (Å²) in [4.78, 5) is 37.9. The molecule has 0 aliphatic carbocycles. The van der Waals surface area contributed by atoms with Crippen LogP contribution in [0, 0.1) is 0 Å². The van der Waals surface area contributed by atoms with E-state index in [1.807, 2.05) is 13.8 Å². The molecule has 1 aromatic carbocycles. The Hall–Kier alpha value is -2.77. The van der Waals surface area contributed by atoms with Crippen LogP contribution in [0.25, 0.3) is 0 Å². The highest BCUT2D eigenvalue weighted by molar-refractivity contribution is 6.02. The summed E-state index contributed by atoms with van der Waals surface area (Å²) in [5.74, 6) is -1.46. The number of amides is 2. The molecule has 0 spiro atoms. The molecule has 1 aromatic rings. The minimum atomic E-state index is -1.18. The maximum Gasteiger partial charge on any atom is 0.407 e. The van der Waals surface area contributed by atoms with Crippen molar-refractivity contribution in [1.29, 1.82) is 0 Å². The van der Waals surface area contributed by atoms with Crippen molar-refractivity contribution in [3.05, 3.63) is 29.3 Å². The molecule has 8 nitrogen and oxygen atoms in total. The van der Waals surface area contributed by atoms with E-state index in [-0.39, 0.29) is 41.9 Å². The third-order valence-electron chi connectivity index (χ3n) is 3.92. The fourth-order valence-corrected chi connectivity index (χ4v) is 2.72. The summed E-state index contributed by atoms with van der Waals surface area (Å²) >= 11 is 0. The number of alkyl carbamates (subject to hydrolysis) is 1. The molecule has 1 aliphatic rings. The predicted molar refractivity (Wildman–Crippen MR) is 98.2 cm³/mol. The van der Waals surface area contributed by atoms with Crippen LogP contribution >= 0.6 is 0 Å². The van der Waals surface area contributed by atoms with Crippen molar-refractivity contribution in [3.63, 3.8) is 0 Å². The molecule has 1 atom stereocenters. The second-order valence-electron chi connectivity index (χ2n) is 7.66. The van der Waals surface area contributed by atoms with Crippen molar-refractivity contribution < 1.29 is 29.0 Å². The number of nitrogens with zero attached hydrogens (tertiary/aromatic N) is 1. The van der Waals surface area contributed by atoms with Gasteiger partial charge in [-0.2, -0.15) is 0 Å². The van der Waals surface area contributed by atoms with E-state index in [2.05, 4.69) is 5.32 Å². The predicted octanol–water partition coefficient (Wildman–Crippen LogP) is 2.52. The van der Waals surface area contributed by atoms with Gasteiger partial charge in [0.25, 0.3) is 5.91 Å². The molecule has 0 radical (unpaired) electrons. The Kier molecular flexibility index (Phi) is 5.98. The summed E-state index contributed by atoms with van der Waals surface area (Å²) in [5, 5.41) is 12.1. The van der Waals surface area contributed by atoms with Crippen molar-refractivity contribution in [3.8, 4) is 5.75 Å². The van der Waals surface area contributed by atoms with E-state index in [4.69, 9.17) is 9.47 Å². The van der Waals surface area contributed by atoms with Gasteiger partial charge in [0.05, 0.1) is 18.7 Å². The van der Waals surface area contributed by atoms with Crippen molar-refractivity contribution in [1.82, 2.24) is 10.2 Å². The molecule has 27 heavy (non-hydrogen) atoms. The molecule has 0 saturated carbocycles. The highest BCUT2D eigenvalue weighted by Crippen LogP contribution is 2.30. The van der Waals surface area contributed by atoms with Crippen molar-refractivity contribution in [2.24, 2.45) is 0 Å². The maximum absolute atomic E-state index is 12.9. The number of ether oxygens (including phenoxy) is 2. The number of fused-ring (bicyclic) bond motifs is 1. The van der Waals surface area contributed by atoms with E-state index < -0.39 is 23.8 Å². The van der Waals surface area contributed by atoms with Gasteiger partial charge >= 0.3 is 12.1 Å². The normalized spacial score (nSPS) is 17.0. The van der Waals surface area contributed by atoms with Gasteiger partial charge in [-0.1, -0.05) is 6.07 Å². The summed E-state index contributed by atoms with van der Waals surface area (Å²) in [5.41, 5.74) is -0.533. The Balaban J connectivity index is 2.29. The van der Waals surface area contributed by atoms with Crippen LogP contribution in [0.3, 0.4) is 0 Å². The van der Waals surface area contributed by atoms with Gasteiger partial charge in [-0.15, -0.1) is 0 Å². The third-order valence-corrected chi connectivity index (χ3v) is 3.92. The second-order valence-corrected chi connectivity index (χ2v) is 7.66. The van der Waals surface area contributed by atoms with Crippen LogP contribution in [0.5, 0.6) is 5.75 Å². The molecule has 148 valence electrons. The Labute approximate surface area is 158 Å². The first kappa shape index (κ1) is 20.5. The number of carbonyl (C=O) groups excluding carboxylic acids is 2. The third kappa shape index (κ3) is 5.12. The number of nitrogens with one attached hydrogen (secondary N) is 1. The molecule has 1 heterocycles. The molecule has 1 unspecified atom stereocenters. The Morgan fingerprint density at radius 1 is 1.37 bits per heavy atom. The lowest BCUT2D eigenvalue weighted by Crippen LogP contribution is -2.46. The number of carboxylic acid groups (broad SMARTS) is 1. The van der Waals surface area contributed by atoms with Crippen LogP contribution in [-0.2, 0) is 4.74 Å². The molecular weight excluding hydrogens is 352 g/mol. The SMILES string of the molecule is CC(C)N1CC(CNC(=O)OC(C)(C)C)Oc2c(C(=O)O)cccc2C1=O. The van der Waals surface area contributed by atoms with Crippen molar-refractivity contribution in [2.75, 3.05) is 13.1 Å². The van der Waals surface area contributed by atoms with Gasteiger partial charge in [-0.3, -0.25) is 4.79 Å². The largest absolute Gasteiger partial charge is 0.485 e. The molecule has 8 heteroatoms. The highest BCUT2D eigenvalue weighted by atomic mass is 16.6. The summed E-state index contributed by atoms with van der Waals surface area (Å²) in [6.45, 7) is 9.26. The van der Waals surface area contributed by atoms with Crippen molar-refractivity contribution >= 4 is 18.0 Å². The van der Waals surface area contributed by atoms with Gasteiger partial charge < -0.3 is 24.8 Å². The quantitative estimate of drug-likeness (QED) is 0.834. The van der Waals surface area contributed by atoms with E-state index in [0.717, 1.165) is 0 Å². The summed E-state index contributed by atoms with van der Waals surface area (Å²) in [7, 11) is 0. The topological polar surface area (TPSA) is 105 Å². The van der Waals surface area contributed by atoms with Gasteiger partial charge in [0, 0.05) is 6.04 Å². The first-order chi connectivity index (χ1) is 12.5. The smallest absolute Gasteiger partial charge is 0.407 e. The van der Waals surface area contributed by atoms with Crippen LogP contribution in [0.4, 0.5) is 4.79 Å². The van der Waals surface area contributed by atoms with Crippen molar-refractivity contribution in [2.45, 2.75) is 52.4 Å². The lowest BCUT2D eigenvalue weighted by atomic mass is 10.1. The number of benzene rings is 1. The number of rotatable bonds is 4. The summed E-state index contributed by atoms with van der Waals surface area (Å²) in [6.07, 6.45) is -1.23. The molecule has 1 aliphatic heterocycles. The molecule has 0 fully saturated rings. The van der Waals surface area contributed by atoms with Crippen LogP contribution in [0.2, 0.25) is 0 Å². The second kappa shape index (κ2) is 7.85. The minimum absolute atomic E-state index is 0.0224. The fourth-order valence-electron chi connectivity index (χ4n) is 2.72. The van der Waals surface area contributed by atoms with Gasteiger partial charge in [-0.05, 0) is 46.8 Å². The van der Waals surface area contributed by atoms with Gasteiger partial charge in [-0.25, -0.2) is 9.59 Å². The van der Waals surface area contributed by atoms with Gasteiger partial charge in [0.1, 0.15) is 23.0 Å². The summed E-state index contributed by atoms with van der Waals surface area (Å²) in [6, 6.07) is 4.33. The minimum Gasteiger partial charge on any atom is -0.485 e. The number of hydrogen-bond donors (Lipinski definition) is 2. The highest BCUT2D eigenvalue weighted by Gasteiger charge is 2.33. The fraction of sp³-hybridized carbons (Fsp3) is 0.526. The first-order valence-corrected chi connectivity index (χ1v) is 8.80. The molecule has 0 bridgehead atoms. The molecule has 2 N–H and O–H groups in total. The lowest BCUT2D eigenvalue weighted by Gasteiger charge is -2.28. The zero-order chi connectivity index (χ0) is 20.4. The van der Waals surface area contributed by atoms with Crippen LogP contribution < -0.4 is 10.1 Å². The monoisotopic (exact) mass is 378 g/mol. The maximum atomic E-state index is 12.9. The van der Waals surface area contributed by atoms with E-state index in [9.17, 15) is 19.5 Å². The van der Waals surface area contributed by atoms with E-state index in [0.29, 0.717) is 0 Å². The lowest BCUT2D eigenvalue weighted by molar-refractivity contribution is 0.0476. The molecular formula is C19H26N2O6. The number of aromatic carboxylic acids is 1. The van der Waals surface area contributed by atoms with Crippen LogP contribution in [0.15, 0.2) is 18.2 Å². The van der Waals surface area contributed by atoms with Crippen LogP contribution in [-0.4, -0.2) is 58.8 Å². The number of carbonyl (C=O) groups is 3. The number of carboxylic acids is 1.